The molecule has 0 radical (unpaired) electrons. The summed E-state index contributed by atoms with van der Waals surface area (Å²) in [5.41, 5.74) is -0.193. The quantitative estimate of drug-likeness (QED) is 0.761. The first-order valence-electron chi connectivity index (χ1n) is 7.88. The second-order valence-electron chi connectivity index (χ2n) is 5.52. The van der Waals surface area contributed by atoms with Crippen LogP contribution in [0.15, 0.2) is 0 Å². The van der Waals surface area contributed by atoms with E-state index in [1.807, 2.05) is 0 Å². The second kappa shape index (κ2) is 7.82. The van der Waals surface area contributed by atoms with Crippen LogP contribution in [0.1, 0.15) is 38.9 Å². The maximum absolute atomic E-state index is 6.18. The lowest BCUT2D eigenvalue weighted by Gasteiger charge is -2.43. The van der Waals surface area contributed by atoms with Gasteiger partial charge in [0.2, 0.25) is 0 Å². The summed E-state index contributed by atoms with van der Waals surface area (Å²) in [6, 6.07) is 0.186. The number of aromatic nitrogens is 4. The molecule has 0 bridgehead atoms. The van der Waals surface area contributed by atoms with E-state index in [9.17, 15) is 0 Å². The summed E-state index contributed by atoms with van der Waals surface area (Å²) in [6.45, 7) is 7.38. The van der Waals surface area contributed by atoms with Gasteiger partial charge in [-0.15, -0.1) is 10.2 Å². The Morgan fingerprint density at radius 2 is 2.14 bits per heavy atom. The second-order valence-corrected chi connectivity index (χ2v) is 5.52. The zero-order valence-electron chi connectivity index (χ0n) is 13.3. The molecule has 2 heterocycles. The summed E-state index contributed by atoms with van der Waals surface area (Å²) in [5.74, 6) is 0.761. The highest BCUT2D eigenvalue weighted by molar-refractivity contribution is 5.00. The van der Waals surface area contributed by atoms with E-state index in [4.69, 9.17) is 9.47 Å². The van der Waals surface area contributed by atoms with Crippen LogP contribution < -0.4 is 5.32 Å². The first-order chi connectivity index (χ1) is 10.2. The van der Waals surface area contributed by atoms with Gasteiger partial charge in [0.05, 0.1) is 12.6 Å². The zero-order chi connectivity index (χ0) is 15.1. The van der Waals surface area contributed by atoms with Gasteiger partial charge in [-0.1, -0.05) is 6.92 Å². The van der Waals surface area contributed by atoms with Crippen molar-refractivity contribution >= 4 is 0 Å². The standard InChI is InChI=1S/C14H27N5O2/c1-4-8-15-12(11-13-16-18-19(3)17-13)14(21-5-2)6-9-20-10-7-14/h12,15H,4-11H2,1-3H3. The van der Waals surface area contributed by atoms with Crippen LogP contribution in [-0.4, -0.2) is 58.2 Å². The van der Waals surface area contributed by atoms with E-state index < -0.39 is 0 Å². The fourth-order valence-corrected chi connectivity index (χ4v) is 2.95. The molecule has 0 aliphatic carbocycles. The van der Waals surface area contributed by atoms with E-state index in [-0.39, 0.29) is 11.6 Å². The minimum Gasteiger partial charge on any atom is -0.381 e. The fourth-order valence-electron chi connectivity index (χ4n) is 2.95. The van der Waals surface area contributed by atoms with Gasteiger partial charge in [-0.3, -0.25) is 0 Å². The summed E-state index contributed by atoms with van der Waals surface area (Å²) < 4.78 is 11.7. The van der Waals surface area contributed by atoms with Crippen molar-refractivity contribution in [2.75, 3.05) is 26.4 Å². The predicted molar refractivity (Wildman–Crippen MR) is 79.0 cm³/mol. The number of rotatable bonds is 8. The molecule has 7 nitrogen and oxygen atoms in total. The molecule has 1 unspecified atom stereocenters. The molecule has 1 aromatic heterocycles. The minimum absolute atomic E-state index is 0.186. The predicted octanol–water partition coefficient (Wildman–Crippen LogP) is 0.706. The molecular formula is C14H27N5O2. The van der Waals surface area contributed by atoms with Crippen LogP contribution in [0.5, 0.6) is 0 Å². The van der Waals surface area contributed by atoms with Crippen molar-refractivity contribution in [3.05, 3.63) is 5.82 Å². The number of nitrogens with one attached hydrogen (secondary N) is 1. The topological polar surface area (TPSA) is 74.1 Å². The van der Waals surface area contributed by atoms with E-state index in [1.54, 1.807) is 7.05 Å². The first-order valence-corrected chi connectivity index (χ1v) is 7.88. The van der Waals surface area contributed by atoms with Gasteiger partial charge in [-0.2, -0.15) is 4.80 Å². The molecule has 1 aliphatic rings. The average molecular weight is 297 g/mol. The van der Waals surface area contributed by atoms with E-state index in [2.05, 4.69) is 34.6 Å². The Morgan fingerprint density at radius 1 is 1.38 bits per heavy atom. The lowest BCUT2D eigenvalue weighted by atomic mass is 9.83. The average Bonchev–Trinajstić information content (AvgIpc) is 2.90. The molecule has 7 heteroatoms. The molecular weight excluding hydrogens is 270 g/mol. The Bertz CT molecular complexity index is 412. The normalized spacial score (nSPS) is 19.6. The molecule has 1 N–H and O–H groups in total. The Kier molecular flexibility index (Phi) is 6.08. The SMILES string of the molecule is CCCNC(Cc1nnn(C)n1)C1(OCC)CCOCC1. The maximum atomic E-state index is 6.18. The van der Waals surface area contributed by atoms with Crippen molar-refractivity contribution in [1.29, 1.82) is 0 Å². The molecule has 1 aromatic rings. The molecule has 1 fully saturated rings. The van der Waals surface area contributed by atoms with E-state index in [1.165, 1.54) is 4.80 Å². The van der Waals surface area contributed by atoms with E-state index in [0.717, 1.165) is 51.3 Å². The van der Waals surface area contributed by atoms with Crippen molar-refractivity contribution < 1.29 is 9.47 Å². The van der Waals surface area contributed by atoms with Crippen LogP contribution in [0.3, 0.4) is 0 Å². The number of tetrazole rings is 1. The summed E-state index contributed by atoms with van der Waals surface area (Å²) in [6.07, 6.45) is 3.63. The molecule has 120 valence electrons. The number of hydrogen-bond acceptors (Lipinski definition) is 6. The van der Waals surface area contributed by atoms with Crippen LogP contribution in [-0.2, 0) is 22.9 Å². The number of ether oxygens (including phenoxy) is 2. The Labute approximate surface area is 126 Å². The van der Waals surface area contributed by atoms with Crippen molar-refractivity contribution in [3.8, 4) is 0 Å². The smallest absolute Gasteiger partial charge is 0.176 e. The van der Waals surface area contributed by atoms with Gasteiger partial charge in [-0.05, 0) is 25.1 Å². The summed E-state index contributed by atoms with van der Waals surface area (Å²) in [7, 11) is 1.79. The molecule has 2 rings (SSSR count). The number of nitrogens with zero attached hydrogens (tertiary/aromatic N) is 4. The monoisotopic (exact) mass is 297 g/mol. The molecule has 0 saturated carbocycles. The van der Waals surface area contributed by atoms with Gasteiger partial charge < -0.3 is 14.8 Å². The zero-order valence-corrected chi connectivity index (χ0v) is 13.3. The summed E-state index contributed by atoms with van der Waals surface area (Å²) in [5, 5.41) is 16.0. The van der Waals surface area contributed by atoms with Crippen LogP contribution in [0, 0.1) is 0 Å². The highest BCUT2D eigenvalue weighted by Gasteiger charge is 2.41. The molecule has 1 aliphatic heterocycles. The lowest BCUT2D eigenvalue weighted by molar-refractivity contribution is -0.126. The molecule has 21 heavy (non-hydrogen) atoms. The van der Waals surface area contributed by atoms with Crippen LogP contribution in [0.25, 0.3) is 0 Å². The minimum atomic E-state index is -0.193. The fraction of sp³-hybridized carbons (Fsp3) is 0.929. The van der Waals surface area contributed by atoms with Gasteiger partial charge in [0, 0.05) is 45.1 Å². The highest BCUT2D eigenvalue weighted by atomic mass is 16.5. The van der Waals surface area contributed by atoms with Crippen molar-refractivity contribution in [2.24, 2.45) is 7.05 Å². The number of hydrogen-bond donors (Lipinski definition) is 1. The van der Waals surface area contributed by atoms with Crippen LogP contribution in [0.2, 0.25) is 0 Å². The van der Waals surface area contributed by atoms with Crippen molar-refractivity contribution in [1.82, 2.24) is 25.5 Å². The van der Waals surface area contributed by atoms with Gasteiger partial charge in [0.1, 0.15) is 0 Å². The van der Waals surface area contributed by atoms with Crippen molar-refractivity contribution in [3.63, 3.8) is 0 Å². The lowest BCUT2D eigenvalue weighted by Crippen LogP contribution is -2.56. The van der Waals surface area contributed by atoms with Gasteiger partial charge >= 0.3 is 0 Å². The van der Waals surface area contributed by atoms with E-state index in [0.29, 0.717) is 6.61 Å². The molecule has 0 aromatic carbocycles. The number of aryl methyl sites for hydroxylation is 1. The van der Waals surface area contributed by atoms with Crippen LogP contribution in [0.4, 0.5) is 0 Å². The summed E-state index contributed by atoms with van der Waals surface area (Å²) >= 11 is 0. The van der Waals surface area contributed by atoms with Gasteiger partial charge in [0.25, 0.3) is 0 Å². The van der Waals surface area contributed by atoms with Gasteiger partial charge in [-0.25, -0.2) is 0 Å². The van der Waals surface area contributed by atoms with Crippen LogP contribution >= 0.6 is 0 Å². The molecule has 0 spiro atoms. The molecule has 0 amide bonds. The summed E-state index contributed by atoms with van der Waals surface area (Å²) in [4.78, 5) is 1.50. The maximum Gasteiger partial charge on any atom is 0.176 e. The Morgan fingerprint density at radius 3 is 2.71 bits per heavy atom. The van der Waals surface area contributed by atoms with Crippen molar-refractivity contribution in [2.45, 2.75) is 51.2 Å². The van der Waals surface area contributed by atoms with E-state index >= 15 is 0 Å². The third-order valence-electron chi connectivity index (χ3n) is 3.98. The molecule has 1 atom stereocenters. The third-order valence-corrected chi connectivity index (χ3v) is 3.98. The van der Waals surface area contributed by atoms with Gasteiger partial charge in [0.15, 0.2) is 5.82 Å². The Balaban J connectivity index is 2.14. The first kappa shape index (κ1) is 16.3. The Hall–Kier alpha value is -1.05. The third kappa shape index (κ3) is 4.21. The molecule has 1 saturated heterocycles. The highest BCUT2D eigenvalue weighted by Crippen LogP contribution is 2.30. The largest absolute Gasteiger partial charge is 0.381 e.